The predicted octanol–water partition coefficient (Wildman–Crippen LogP) is -0.288. The lowest BCUT2D eigenvalue weighted by molar-refractivity contribution is 0.0949. The lowest BCUT2D eigenvalue weighted by Gasteiger charge is -2.02. The first-order valence-corrected chi connectivity index (χ1v) is 5.73. The van der Waals surface area contributed by atoms with Gasteiger partial charge in [0.1, 0.15) is 12.0 Å². The summed E-state index contributed by atoms with van der Waals surface area (Å²) in [6.45, 7) is 0. The van der Waals surface area contributed by atoms with E-state index >= 15 is 0 Å². The first-order chi connectivity index (χ1) is 9.69. The first-order valence-electron chi connectivity index (χ1n) is 5.73. The Morgan fingerprint density at radius 1 is 1.35 bits per heavy atom. The van der Waals surface area contributed by atoms with E-state index in [0.717, 1.165) is 0 Å². The van der Waals surface area contributed by atoms with Gasteiger partial charge in [0.05, 0.1) is 10.9 Å². The maximum atomic E-state index is 11.9. The molecule has 0 fully saturated rings. The van der Waals surface area contributed by atoms with Crippen LogP contribution in [0.2, 0.25) is 0 Å². The van der Waals surface area contributed by atoms with Crippen molar-refractivity contribution in [3.8, 4) is 5.95 Å². The third-order valence-electron chi connectivity index (χ3n) is 2.79. The number of benzene rings is 1. The number of para-hydroxylation sites is 1. The number of hydrogen-bond donors (Lipinski definition) is 3. The second kappa shape index (κ2) is 4.59. The average molecular weight is 270 g/mol. The van der Waals surface area contributed by atoms with Crippen molar-refractivity contribution in [1.82, 2.24) is 24.9 Å². The number of fused-ring (bicyclic) bond motifs is 1. The Morgan fingerprint density at radius 2 is 2.15 bits per heavy atom. The molecule has 3 rings (SSSR count). The zero-order valence-corrected chi connectivity index (χ0v) is 10.2. The lowest BCUT2D eigenvalue weighted by Crippen LogP contribution is -2.30. The van der Waals surface area contributed by atoms with Gasteiger partial charge < -0.3 is 0 Å². The fraction of sp³-hybridized carbons (Fsp3) is 0. The van der Waals surface area contributed by atoms with Crippen LogP contribution in [0.25, 0.3) is 16.9 Å². The van der Waals surface area contributed by atoms with Crippen LogP contribution in [0.5, 0.6) is 0 Å². The summed E-state index contributed by atoms with van der Waals surface area (Å²) in [4.78, 5) is 34.1. The number of nitrogens with one attached hydrogen (secondary N) is 2. The van der Waals surface area contributed by atoms with E-state index in [1.54, 1.807) is 24.3 Å². The summed E-state index contributed by atoms with van der Waals surface area (Å²) < 4.78 is 1.44. The molecule has 1 aromatic carbocycles. The zero-order chi connectivity index (χ0) is 14.1. The Hall–Kier alpha value is -3.00. The quantitative estimate of drug-likeness (QED) is 0.336. The molecule has 0 aliphatic heterocycles. The molecule has 0 saturated heterocycles. The molecule has 8 nitrogen and oxygen atoms in total. The summed E-state index contributed by atoms with van der Waals surface area (Å²) in [5.41, 5.74) is 2.41. The minimum atomic E-state index is -0.521. The molecule has 20 heavy (non-hydrogen) atoms. The van der Waals surface area contributed by atoms with Gasteiger partial charge in [0, 0.05) is 6.20 Å². The minimum absolute atomic E-state index is 0.128. The molecule has 0 aliphatic rings. The fourth-order valence-electron chi connectivity index (χ4n) is 1.83. The molecular weight excluding hydrogens is 260 g/mol. The largest absolute Gasteiger partial charge is 0.291 e. The highest BCUT2D eigenvalue weighted by Crippen LogP contribution is 2.08. The number of rotatable bonds is 2. The van der Waals surface area contributed by atoms with Gasteiger partial charge in [-0.3, -0.25) is 24.6 Å². The van der Waals surface area contributed by atoms with Crippen LogP contribution in [0.4, 0.5) is 0 Å². The van der Waals surface area contributed by atoms with E-state index in [1.165, 1.54) is 17.1 Å². The number of carbonyl (C=O) groups excluding carboxylic acids is 1. The topological polar surface area (TPSA) is 119 Å². The Kier molecular flexibility index (Phi) is 2.77. The lowest BCUT2D eigenvalue weighted by atomic mass is 10.2. The standard InChI is InChI=1S/C12H10N6O2/c13-17-11(20)9-5-18(6-14-9)12-15-8-4-2-1-3-7(8)10(19)16-12/h1-6H,13H2,(H,17,20)(H,15,16,19). The Balaban J connectivity index is 2.13. The Labute approximate surface area is 112 Å². The van der Waals surface area contributed by atoms with Crippen molar-refractivity contribution in [2.75, 3.05) is 0 Å². The van der Waals surface area contributed by atoms with E-state index in [1.807, 2.05) is 5.43 Å². The van der Waals surface area contributed by atoms with Crippen molar-refractivity contribution < 1.29 is 4.79 Å². The van der Waals surface area contributed by atoms with Crippen LogP contribution in [0.15, 0.2) is 41.6 Å². The van der Waals surface area contributed by atoms with Gasteiger partial charge in [-0.1, -0.05) is 12.1 Å². The molecular formula is C12H10N6O2. The second-order valence-electron chi connectivity index (χ2n) is 4.05. The SMILES string of the molecule is NNC(=O)c1cn(-c2nc3ccccc3c(=O)[nH]2)cn1. The van der Waals surface area contributed by atoms with Gasteiger partial charge in [0.15, 0.2) is 0 Å². The summed E-state index contributed by atoms with van der Waals surface area (Å²) in [6, 6.07) is 6.98. The molecule has 2 aromatic heterocycles. The molecule has 0 spiro atoms. The highest BCUT2D eigenvalue weighted by molar-refractivity contribution is 5.91. The number of nitrogen functional groups attached to an aromatic ring is 1. The number of hydrazine groups is 1. The number of hydrogen-bond acceptors (Lipinski definition) is 5. The van der Waals surface area contributed by atoms with Crippen molar-refractivity contribution in [2.24, 2.45) is 5.84 Å². The molecule has 100 valence electrons. The van der Waals surface area contributed by atoms with Crippen LogP contribution < -0.4 is 16.8 Å². The van der Waals surface area contributed by atoms with Gasteiger partial charge >= 0.3 is 0 Å². The van der Waals surface area contributed by atoms with Crippen molar-refractivity contribution in [2.45, 2.75) is 0 Å². The van der Waals surface area contributed by atoms with Gasteiger partial charge in [0.25, 0.3) is 11.5 Å². The molecule has 3 aromatic rings. The van der Waals surface area contributed by atoms with E-state index < -0.39 is 5.91 Å². The molecule has 0 unspecified atom stereocenters. The van der Waals surface area contributed by atoms with Crippen LogP contribution in [0, 0.1) is 0 Å². The summed E-state index contributed by atoms with van der Waals surface area (Å²) in [5.74, 6) is 4.78. The molecule has 0 atom stereocenters. The van der Waals surface area contributed by atoms with Gasteiger partial charge in [-0.15, -0.1) is 0 Å². The van der Waals surface area contributed by atoms with Crippen LogP contribution in [-0.4, -0.2) is 25.4 Å². The normalized spacial score (nSPS) is 10.7. The number of nitrogens with zero attached hydrogens (tertiary/aromatic N) is 3. The molecule has 8 heteroatoms. The number of aromatic amines is 1. The van der Waals surface area contributed by atoms with Crippen molar-refractivity contribution >= 4 is 16.8 Å². The fourth-order valence-corrected chi connectivity index (χ4v) is 1.83. The Morgan fingerprint density at radius 3 is 2.95 bits per heavy atom. The monoisotopic (exact) mass is 270 g/mol. The maximum absolute atomic E-state index is 11.9. The maximum Gasteiger partial charge on any atom is 0.285 e. The highest BCUT2D eigenvalue weighted by Gasteiger charge is 2.10. The first kappa shape index (κ1) is 12.1. The van der Waals surface area contributed by atoms with E-state index in [9.17, 15) is 9.59 Å². The smallest absolute Gasteiger partial charge is 0.285 e. The van der Waals surface area contributed by atoms with Crippen molar-refractivity contribution in [1.29, 1.82) is 0 Å². The Bertz CT molecular complexity index is 850. The second-order valence-corrected chi connectivity index (χ2v) is 4.05. The van der Waals surface area contributed by atoms with Gasteiger partial charge in [-0.05, 0) is 12.1 Å². The van der Waals surface area contributed by atoms with E-state index in [2.05, 4.69) is 15.0 Å². The predicted molar refractivity (Wildman–Crippen MR) is 71.1 cm³/mol. The third-order valence-corrected chi connectivity index (χ3v) is 2.79. The zero-order valence-electron chi connectivity index (χ0n) is 10.2. The number of imidazole rings is 1. The summed E-state index contributed by atoms with van der Waals surface area (Å²) in [6.07, 6.45) is 2.80. The summed E-state index contributed by atoms with van der Waals surface area (Å²) in [7, 11) is 0. The number of aromatic nitrogens is 4. The van der Waals surface area contributed by atoms with Gasteiger partial charge in [-0.2, -0.15) is 0 Å². The van der Waals surface area contributed by atoms with Crippen LogP contribution in [0.3, 0.4) is 0 Å². The molecule has 2 heterocycles. The van der Waals surface area contributed by atoms with Gasteiger partial charge in [-0.25, -0.2) is 15.8 Å². The number of nitrogens with two attached hydrogens (primary N) is 1. The minimum Gasteiger partial charge on any atom is -0.291 e. The van der Waals surface area contributed by atoms with E-state index in [0.29, 0.717) is 10.9 Å². The van der Waals surface area contributed by atoms with Crippen LogP contribution >= 0.6 is 0 Å². The number of H-pyrrole nitrogens is 1. The molecule has 0 radical (unpaired) electrons. The number of amides is 1. The third kappa shape index (κ3) is 1.93. The van der Waals surface area contributed by atoms with E-state index in [-0.39, 0.29) is 17.2 Å². The molecule has 0 aliphatic carbocycles. The number of carbonyl (C=O) groups is 1. The highest BCUT2D eigenvalue weighted by atomic mass is 16.2. The van der Waals surface area contributed by atoms with Crippen LogP contribution in [0.1, 0.15) is 10.5 Å². The molecule has 0 saturated carbocycles. The summed E-state index contributed by atoms with van der Waals surface area (Å²) >= 11 is 0. The van der Waals surface area contributed by atoms with Crippen molar-refractivity contribution in [3.05, 3.63) is 52.8 Å². The van der Waals surface area contributed by atoms with Crippen LogP contribution in [-0.2, 0) is 0 Å². The molecule has 0 bridgehead atoms. The summed E-state index contributed by atoms with van der Waals surface area (Å²) in [5, 5.41) is 0.497. The van der Waals surface area contributed by atoms with E-state index in [4.69, 9.17) is 5.84 Å². The molecule has 4 N–H and O–H groups in total. The van der Waals surface area contributed by atoms with Crippen molar-refractivity contribution in [3.63, 3.8) is 0 Å². The van der Waals surface area contributed by atoms with Gasteiger partial charge in [0.2, 0.25) is 5.95 Å². The molecule has 1 amide bonds. The average Bonchev–Trinajstić information content (AvgIpc) is 2.96.